The molecule has 0 bridgehead atoms. The lowest BCUT2D eigenvalue weighted by atomic mass is 9.91. The molecule has 0 saturated heterocycles. The molecule has 0 saturated carbocycles. The standard InChI is InChI=1S/C18H18ClNO4S/c1-23-16-5-3-6-17-18(16)13-9-8-12(20-25(2,21)22)11-14(13)15(24-17)7-4-10-19/h3-9,11,15,20H,10H2,1-2H3/b7-4+. The molecule has 132 valence electrons. The molecular weight excluding hydrogens is 362 g/mol. The molecule has 0 spiro atoms. The summed E-state index contributed by atoms with van der Waals surface area (Å²) in [5.41, 5.74) is 3.10. The van der Waals surface area contributed by atoms with E-state index in [-0.39, 0.29) is 6.10 Å². The summed E-state index contributed by atoms with van der Waals surface area (Å²) in [6, 6.07) is 11.0. The van der Waals surface area contributed by atoms with E-state index in [4.69, 9.17) is 21.1 Å². The Labute approximate surface area is 152 Å². The number of hydrogen-bond acceptors (Lipinski definition) is 4. The molecule has 0 radical (unpaired) electrons. The summed E-state index contributed by atoms with van der Waals surface area (Å²) in [7, 11) is -1.76. The summed E-state index contributed by atoms with van der Waals surface area (Å²) in [6.45, 7) is 0. The van der Waals surface area contributed by atoms with Gasteiger partial charge in [-0.2, -0.15) is 0 Å². The number of anilines is 1. The molecule has 1 aliphatic heterocycles. The number of sulfonamides is 1. The molecule has 1 atom stereocenters. The third-order valence-corrected chi connectivity index (χ3v) is 4.58. The van der Waals surface area contributed by atoms with Crippen molar-refractivity contribution >= 4 is 27.3 Å². The van der Waals surface area contributed by atoms with E-state index in [1.54, 1.807) is 25.3 Å². The Hall–Kier alpha value is -2.18. The fraction of sp³-hybridized carbons (Fsp3) is 0.222. The molecule has 0 fully saturated rings. The number of methoxy groups -OCH3 is 1. The average Bonchev–Trinajstić information content (AvgIpc) is 2.57. The van der Waals surface area contributed by atoms with Crippen LogP contribution in [0.4, 0.5) is 5.69 Å². The zero-order valence-corrected chi connectivity index (χ0v) is 15.4. The van der Waals surface area contributed by atoms with E-state index in [2.05, 4.69) is 4.72 Å². The van der Waals surface area contributed by atoms with Gasteiger partial charge in [-0.1, -0.05) is 18.2 Å². The lowest BCUT2D eigenvalue weighted by molar-refractivity contribution is 0.250. The number of nitrogens with one attached hydrogen (secondary N) is 1. The molecule has 0 aromatic heterocycles. The van der Waals surface area contributed by atoms with Gasteiger partial charge in [0.15, 0.2) is 0 Å². The molecule has 2 aromatic carbocycles. The van der Waals surface area contributed by atoms with Crippen LogP contribution in [0, 0.1) is 0 Å². The Bertz CT molecular complexity index is 925. The van der Waals surface area contributed by atoms with Gasteiger partial charge >= 0.3 is 0 Å². The fourth-order valence-electron chi connectivity index (χ4n) is 2.87. The lowest BCUT2D eigenvalue weighted by Crippen LogP contribution is -2.15. The van der Waals surface area contributed by atoms with E-state index >= 15 is 0 Å². The summed E-state index contributed by atoms with van der Waals surface area (Å²) in [4.78, 5) is 0. The van der Waals surface area contributed by atoms with E-state index in [9.17, 15) is 8.42 Å². The van der Waals surface area contributed by atoms with Crippen LogP contribution in [0.15, 0.2) is 48.6 Å². The molecule has 1 N–H and O–H groups in total. The van der Waals surface area contributed by atoms with E-state index < -0.39 is 10.0 Å². The van der Waals surface area contributed by atoms with Gasteiger partial charge in [-0.25, -0.2) is 8.42 Å². The molecule has 5 nitrogen and oxygen atoms in total. The minimum absolute atomic E-state index is 0.363. The first kappa shape index (κ1) is 17.6. The number of fused-ring (bicyclic) bond motifs is 3. The number of rotatable bonds is 5. The predicted octanol–water partition coefficient (Wildman–Crippen LogP) is 3.96. The number of halogens is 1. The molecular formula is C18H18ClNO4S. The lowest BCUT2D eigenvalue weighted by Gasteiger charge is -2.28. The normalized spacial score (nSPS) is 16.0. The molecule has 1 unspecified atom stereocenters. The van der Waals surface area contributed by atoms with Crippen LogP contribution in [0.5, 0.6) is 11.5 Å². The highest BCUT2D eigenvalue weighted by molar-refractivity contribution is 7.92. The highest BCUT2D eigenvalue weighted by atomic mass is 35.5. The Balaban J connectivity index is 2.17. The number of benzene rings is 2. The van der Waals surface area contributed by atoms with E-state index in [1.807, 2.05) is 30.3 Å². The molecule has 1 heterocycles. The SMILES string of the molecule is COc1cccc2c1-c1ccc(NS(C)(=O)=O)cc1C(/C=C/CCl)O2. The number of hydrogen-bond donors (Lipinski definition) is 1. The van der Waals surface area contributed by atoms with Crippen molar-refractivity contribution in [3.05, 3.63) is 54.1 Å². The zero-order chi connectivity index (χ0) is 18.0. The van der Waals surface area contributed by atoms with Gasteiger partial charge in [0, 0.05) is 17.1 Å². The maximum absolute atomic E-state index is 11.5. The second-order valence-corrected chi connectivity index (χ2v) is 7.69. The maximum atomic E-state index is 11.5. The Morgan fingerprint density at radius 2 is 2.12 bits per heavy atom. The minimum Gasteiger partial charge on any atom is -0.496 e. The summed E-state index contributed by atoms with van der Waals surface area (Å²) in [5.74, 6) is 1.77. The highest BCUT2D eigenvalue weighted by Crippen LogP contribution is 2.48. The first-order chi connectivity index (χ1) is 11.9. The van der Waals surface area contributed by atoms with Gasteiger partial charge in [0.05, 0.1) is 18.9 Å². The topological polar surface area (TPSA) is 64.6 Å². The first-order valence-electron chi connectivity index (χ1n) is 7.61. The van der Waals surface area contributed by atoms with E-state index in [0.29, 0.717) is 23.1 Å². The van der Waals surface area contributed by atoms with Crippen molar-refractivity contribution in [2.75, 3.05) is 24.0 Å². The van der Waals surface area contributed by atoms with Crippen molar-refractivity contribution in [2.24, 2.45) is 0 Å². The summed E-state index contributed by atoms with van der Waals surface area (Å²) in [6.07, 6.45) is 4.41. The van der Waals surface area contributed by atoms with Crippen molar-refractivity contribution in [2.45, 2.75) is 6.10 Å². The van der Waals surface area contributed by atoms with Crippen LogP contribution < -0.4 is 14.2 Å². The van der Waals surface area contributed by atoms with Crippen molar-refractivity contribution < 1.29 is 17.9 Å². The van der Waals surface area contributed by atoms with E-state index in [1.165, 1.54) is 0 Å². The third kappa shape index (κ3) is 3.75. The largest absolute Gasteiger partial charge is 0.496 e. The van der Waals surface area contributed by atoms with Crippen molar-refractivity contribution in [3.63, 3.8) is 0 Å². The molecule has 0 amide bonds. The Morgan fingerprint density at radius 3 is 2.80 bits per heavy atom. The van der Waals surface area contributed by atoms with Gasteiger partial charge in [-0.15, -0.1) is 11.6 Å². The summed E-state index contributed by atoms with van der Waals surface area (Å²) in [5, 5.41) is 0. The van der Waals surface area contributed by atoms with Crippen LogP contribution in [0.2, 0.25) is 0 Å². The molecule has 1 aliphatic rings. The van der Waals surface area contributed by atoms with Gasteiger partial charge in [-0.05, 0) is 35.9 Å². The second kappa shape index (κ2) is 6.98. The number of alkyl halides is 1. The first-order valence-corrected chi connectivity index (χ1v) is 10.0. The van der Waals surface area contributed by atoms with E-state index in [0.717, 1.165) is 22.9 Å². The van der Waals surface area contributed by atoms with Crippen LogP contribution in [0.3, 0.4) is 0 Å². The molecule has 0 aliphatic carbocycles. The van der Waals surface area contributed by atoms with Gasteiger partial charge in [0.2, 0.25) is 10.0 Å². The van der Waals surface area contributed by atoms with Crippen LogP contribution in [-0.4, -0.2) is 27.7 Å². The third-order valence-electron chi connectivity index (χ3n) is 3.79. The van der Waals surface area contributed by atoms with Crippen LogP contribution in [0.25, 0.3) is 11.1 Å². The fourth-order valence-corrected chi connectivity index (χ4v) is 3.52. The minimum atomic E-state index is -3.37. The number of ether oxygens (including phenoxy) is 2. The molecule has 25 heavy (non-hydrogen) atoms. The van der Waals surface area contributed by atoms with Crippen LogP contribution in [-0.2, 0) is 10.0 Å². The quantitative estimate of drug-likeness (QED) is 0.630. The number of allylic oxidation sites excluding steroid dienone is 1. The average molecular weight is 380 g/mol. The van der Waals surface area contributed by atoms with Crippen LogP contribution >= 0.6 is 11.6 Å². The summed E-state index contributed by atoms with van der Waals surface area (Å²) < 4.78 is 37.1. The smallest absolute Gasteiger partial charge is 0.229 e. The van der Waals surface area contributed by atoms with Gasteiger partial charge in [0.1, 0.15) is 17.6 Å². The van der Waals surface area contributed by atoms with Gasteiger partial charge in [-0.3, -0.25) is 4.72 Å². The highest BCUT2D eigenvalue weighted by Gasteiger charge is 2.27. The second-order valence-electron chi connectivity index (χ2n) is 5.63. The molecule has 3 rings (SSSR count). The van der Waals surface area contributed by atoms with Crippen LogP contribution in [0.1, 0.15) is 11.7 Å². The Kier molecular flexibility index (Phi) is 4.92. The Morgan fingerprint density at radius 1 is 1.32 bits per heavy atom. The van der Waals surface area contributed by atoms with Gasteiger partial charge < -0.3 is 9.47 Å². The molecule has 7 heteroatoms. The summed E-state index contributed by atoms with van der Waals surface area (Å²) >= 11 is 5.76. The predicted molar refractivity (Wildman–Crippen MR) is 100 cm³/mol. The maximum Gasteiger partial charge on any atom is 0.229 e. The van der Waals surface area contributed by atoms with Crippen molar-refractivity contribution in [1.82, 2.24) is 0 Å². The van der Waals surface area contributed by atoms with Crippen molar-refractivity contribution in [3.8, 4) is 22.6 Å². The monoisotopic (exact) mass is 379 g/mol. The van der Waals surface area contributed by atoms with Gasteiger partial charge in [0.25, 0.3) is 0 Å². The zero-order valence-electron chi connectivity index (χ0n) is 13.8. The molecule has 2 aromatic rings. The van der Waals surface area contributed by atoms with Crippen molar-refractivity contribution in [1.29, 1.82) is 0 Å².